The molecule has 0 saturated heterocycles. The van der Waals surface area contributed by atoms with Crippen molar-refractivity contribution in [3.05, 3.63) is 39.6 Å². The summed E-state index contributed by atoms with van der Waals surface area (Å²) < 4.78 is 13.4. The molecule has 1 aromatic heterocycles. The number of aromatic nitrogens is 1. The van der Waals surface area contributed by atoms with Gasteiger partial charge in [0.15, 0.2) is 5.78 Å². The normalized spacial score (nSPS) is 14.7. The number of hydrogen-bond acceptors (Lipinski definition) is 3. The van der Waals surface area contributed by atoms with Crippen LogP contribution >= 0.6 is 22.9 Å². The Morgan fingerprint density at radius 3 is 2.89 bits per heavy atom. The highest BCUT2D eigenvalue weighted by Crippen LogP contribution is 2.33. The molecule has 0 aliphatic heterocycles. The van der Waals surface area contributed by atoms with Crippen molar-refractivity contribution >= 4 is 28.7 Å². The van der Waals surface area contributed by atoms with Gasteiger partial charge in [-0.1, -0.05) is 17.7 Å². The molecule has 2 aromatic rings. The average molecular weight is 282 g/mol. The fourth-order valence-corrected chi connectivity index (χ4v) is 3.25. The van der Waals surface area contributed by atoms with Gasteiger partial charge < -0.3 is 0 Å². The van der Waals surface area contributed by atoms with E-state index in [-0.39, 0.29) is 10.8 Å². The number of thiazole rings is 1. The van der Waals surface area contributed by atoms with Crippen molar-refractivity contribution in [2.24, 2.45) is 0 Å². The number of halogens is 2. The van der Waals surface area contributed by atoms with Crippen molar-refractivity contribution in [2.75, 3.05) is 0 Å². The van der Waals surface area contributed by atoms with Gasteiger partial charge in [0.25, 0.3) is 0 Å². The molecule has 92 valence electrons. The van der Waals surface area contributed by atoms with Crippen LogP contribution < -0.4 is 0 Å². The molecule has 1 aliphatic rings. The first-order chi connectivity index (χ1) is 8.65. The maximum atomic E-state index is 13.4. The molecule has 0 bridgehead atoms. The van der Waals surface area contributed by atoms with E-state index < -0.39 is 5.82 Å². The van der Waals surface area contributed by atoms with Crippen molar-refractivity contribution in [3.63, 3.8) is 0 Å². The lowest BCUT2D eigenvalue weighted by Gasteiger charge is -2.06. The number of benzene rings is 1. The molecular weight excluding hydrogens is 273 g/mol. The zero-order chi connectivity index (χ0) is 12.7. The van der Waals surface area contributed by atoms with Crippen LogP contribution in [0.3, 0.4) is 0 Å². The zero-order valence-corrected chi connectivity index (χ0v) is 10.9. The Bertz CT molecular complexity index is 638. The van der Waals surface area contributed by atoms with E-state index in [2.05, 4.69) is 4.98 Å². The van der Waals surface area contributed by atoms with Crippen molar-refractivity contribution in [3.8, 4) is 10.6 Å². The van der Waals surface area contributed by atoms with Crippen LogP contribution in [0, 0.1) is 5.82 Å². The van der Waals surface area contributed by atoms with Crippen molar-refractivity contribution < 1.29 is 9.18 Å². The number of carbonyl (C=O) groups excluding carboxylic acids is 1. The Balaban J connectivity index is 2.07. The highest BCUT2D eigenvalue weighted by Gasteiger charge is 2.22. The summed E-state index contributed by atoms with van der Waals surface area (Å²) in [6, 6.07) is 4.59. The van der Waals surface area contributed by atoms with Gasteiger partial charge in [-0.25, -0.2) is 9.37 Å². The number of carbonyl (C=O) groups is 1. The van der Waals surface area contributed by atoms with Crippen LogP contribution in [0.2, 0.25) is 5.02 Å². The van der Waals surface area contributed by atoms with E-state index in [0.717, 1.165) is 17.7 Å². The summed E-state index contributed by atoms with van der Waals surface area (Å²) in [5, 5.41) is 0.780. The number of ketones is 1. The molecule has 3 rings (SSSR count). The molecule has 1 aliphatic carbocycles. The molecule has 0 spiro atoms. The summed E-state index contributed by atoms with van der Waals surface area (Å²) in [7, 11) is 0. The van der Waals surface area contributed by atoms with Crippen LogP contribution in [0.1, 0.15) is 28.2 Å². The van der Waals surface area contributed by atoms with Crippen LogP contribution in [0.4, 0.5) is 4.39 Å². The fraction of sp³-hybridized carbons (Fsp3) is 0.231. The first-order valence-electron chi connectivity index (χ1n) is 5.63. The maximum absolute atomic E-state index is 13.4. The minimum Gasteiger partial charge on any atom is -0.292 e. The molecule has 1 heterocycles. The smallest absolute Gasteiger partial charge is 0.182 e. The number of nitrogens with zero attached hydrogens (tertiary/aromatic N) is 1. The highest BCUT2D eigenvalue weighted by atomic mass is 35.5. The van der Waals surface area contributed by atoms with Crippen LogP contribution in [-0.4, -0.2) is 10.8 Å². The average Bonchev–Trinajstić information content (AvgIpc) is 2.78. The number of aryl methyl sites for hydroxylation is 1. The molecule has 0 unspecified atom stereocenters. The van der Waals surface area contributed by atoms with Gasteiger partial charge in [0, 0.05) is 16.9 Å². The molecule has 5 heteroatoms. The van der Waals surface area contributed by atoms with Gasteiger partial charge in [0.2, 0.25) is 0 Å². The van der Waals surface area contributed by atoms with E-state index in [4.69, 9.17) is 11.6 Å². The molecule has 0 amide bonds. The second-order valence-corrected chi connectivity index (χ2v) is 5.69. The predicted octanol–water partition coefficient (Wildman–Crippen LogP) is 4.12. The highest BCUT2D eigenvalue weighted by molar-refractivity contribution is 7.15. The monoisotopic (exact) mass is 281 g/mol. The summed E-state index contributed by atoms with van der Waals surface area (Å²) in [6.45, 7) is 0. The quantitative estimate of drug-likeness (QED) is 0.787. The molecule has 0 saturated carbocycles. The predicted molar refractivity (Wildman–Crippen MR) is 69.8 cm³/mol. The number of hydrogen-bond donors (Lipinski definition) is 0. The minimum atomic E-state index is -0.464. The third-order valence-corrected chi connectivity index (χ3v) is 4.41. The standard InChI is InChI=1S/C13H9ClFNOS/c14-8-5-4-7(6-9(8)15)13-16-12-10(17)2-1-3-11(12)18-13/h4-6H,1-3H2. The second kappa shape index (κ2) is 4.44. The van der Waals surface area contributed by atoms with Crippen molar-refractivity contribution in [1.29, 1.82) is 0 Å². The Kier molecular flexibility index (Phi) is 2.92. The van der Waals surface area contributed by atoms with Gasteiger partial charge in [-0.05, 0) is 25.0 Å². The first kappa shape index (κ1) is 11.8. The molecule has 0 N–H and O–H groups in total. The summed E-state index contributed by atoms with van der Waals surface area (Å²) in [6.07, 6.45) is 2.32. The van der Waals surface area contributed by atoms with Crippen molar-refractivity contribution in [2.45, 2.75) is 19.3 Å². The molecule has 18 heavy (non-hydrogen) atoms. The molecule has 0 atom stereocenters. The fourth-order valence-electron chi connectivity index (χ4n) is 2.02. The van der Waals surface area contributed by atoms with E-state index in [9.17, 15) is 9.18 Å². The van der Waals surface area contributed by atoms with Gasteiger partial charge in [0.1, 0.15) is 16.5 Å². The molecule has 1 aromatic carbocycles. The van der Waals surface area contributed by atoms with Gasteiger partial charge in [-0.3, -0.25) is 4.79 Å². The summed E-state index contributed by atoms with van der Waals surface area (Å²) in [4.78, 5) is 17.0. The van der Waals surface area contributed by atoms with E-state index in [1.807, 2.05) is 0 Å². The lowest BCUT2D eigenvalue weighted by atomic mass is 10.0. The third kappa shape index (κ3) is 1.95. The van der Waals surface area contributed by atoms with Crippen LogP contribution in [0.25, 0.3) is 10.6 Å². The van der Waals surface area contributed by atoms with Crippen LogP contribution in [0.5, 0.6) is 0 Å². The number of Topliss-reactive ketones (excluding diaryl/α,β-unsaturated/α-hetero) is 1. The number of rotatable bonds is 1. The van der Waals surface area contributed by atoms with Crippen molar-refractivity contribution in [1.82, 2.24) is 4.98 Å². The first-order valence-corrected chi connectivity index (χ1v) is 6.83. The van der Waals surface area contributed by atoms with Gasteiger partial charge in [-0.15, -0.1) is 11.3 Å². The summed E-state index contributed by atoms with van der Waals surface area (Å²) in [5.74, 6) is -0.373. The van der Waals surface area contributed by atoms with Gasteiger partial charge >= 0.3 is 0 Å². The van der Waals surface area contributed by atoms with E-state index >= 15 is 0 Å². The summed E-state index contributed by atoms with van der Waals surface area (Å²) >= 11 is 7.11. The zero-order valence-electron chi connectivity index (χ0n) is 9.37. The Morgan fingerprint density at radius 1 is 1.33 bits per heavy atom. The second-order valence-electron chi connectivity index (χ2n) is 4.20. The van der Waals surface area contributed by atoms with E-state index in [1.54, 1.807) is 6.07 Å². The van der Waals surface area contributed by atoms with Gasteiger partial charge in [0.05, 0.1) is 5.02 Å². The Hall–Kier alpha value is -1.26. The van der Waals surface area contributed by atoms with E-state index in [0.29, 0.717) is 22.7 Å². The lowest BCUT2D eigenvalue weighted by Crippen LogP contribution is -2.08. The Morgan fingerprint density at radius 2 is 2.17 bits per heavy atom. The van der Waals surface area contributed by atoms with E-state index in [1.165, 1.54) is 23.5 Å². The maximum Gasteiger partial charge on any atom is 0.182 e. The largest absolute Gasteiger partial charge is 0.292 e. The molecule has 2 nitrogen and oxygen atoms in total. The number of fused-ring (bicyclic) bond motifs is 1. The van der Waals surface area contributed by atoms with Crippen LogP contribution in [0.15, 0.2) is 18.2 Å². The summed E-state index contributed by atoms with van der Waals surface area (Å²) in [5.41, 5.74) is 1.24. The van der Waals surface area contributed by atoms with Gasteiger partial charge in [-0.2, -0.15) is 0 Å². The molecule has 0 radical (unpaired) electrons. The molecule has 0 fully saturated rings. The van der Waals surface area contributed by atoms with Crippen LogP contribution in [-0.2, 0) is 6.42 Å². The third-order valence-electron chi connectivity index (χ3n) is 2.94. The minimum absolute atomic E-state index is 0.0909. The molecular formula is C13H9ClFNOS. The topological polar surface area (TPSA) is 30.0 Å². The SMILES string of the molecule is O=C1CCCc2sc(-c3ccc(Cl)c(F)c3)nc21. The lowest BCUT2D eigenvalue weighted by molar-refractivity contribution is 0.0968. The Labute approximate surface area is 112 Å².